The number of hydrogen-bond acceptors (Lipinski definition) is 6. The van der Waals surface area contributed by atoms with Crippen LogP contribution in [0.4, 0.5) is 0 Å². The summed E-state index contributed by atoms with van der Waals surface area (Å²) >= 11 is 0. The molecule has 3 aromatic carbocycles. The van der Waals surface area contributed by atoms with Crippen molar-refractivity contribution in [2.45, 2.75) is 12.5 Å². The number of rotatable bonds is 6. The van der Waals surface area contributed by atoms with E-state index in [1.807, 2.05) is 42.5 Å². The molecule has 186 valence electrons. The smallest absolute Gasteiger partial charge is 0.140 e. The molecule has 0 radical (unpaired) electrons. The first kappa shape index (κ1) is 23.3. The lowest BCUT2D eigenvalue weighted by atomic mass is 9.97. The third kappa shape index (κ3) is 3.93. The maximum atomic E-state index is 10.2. The Morgan fingerprint density at radius 3 is 2.11 bits per heavy atom. The average Bonchev–Trinajstić information content (AvgIpc) is 3.51. The normalized spacial score (nSPS) is 11.6. The molecule has 0 fully saturated rings. The number of fused-ring (bicyclic) bond motifs is 3. The van der Waals surface area contributed by atoms with Gasteiger partial charge in [-0.05, 0) is 71.3 Å². The van der Waals surface area contributed by atoms with E-state index in [1.54, 1.807) is 32.5 Å². The molecule has 0 saturated heterocycles. The molecule has 5 aromatic rings. The molecule has 0 saturated carbocycles. The van der Waals surface area contributed by atoms with Crippen molar-refractivity contribution in [2.75, 3.05) is 14.2 Å². The minimum absolute atomic E-state index is 0.233. The zero-order valence-corrected chi connectivity index (χ0v) is 20.9. The topological polar surface area (TPSA) is 93.2 Å². The van der Waals surface area contributed by atoms with Gasteiger partial charge in [-0.15, -0.1) is 0 Å². The Labute approximate surface area is 220 Å². The van der Waals surface area contributed by atoms with Crippen LogP contribution in [-0.2, 0) is 6.42 Å². The lowest BCUT2D eigenvalue weighted by molar-refractivity contribution is 0.414. The number of benzene rings is 3. The Morgan fingerprint density at radius 1 is 0.895 bits per heavy atom. The van der Waals surface area contributed by atoms with Gasteiger partial charge in [-0.3, -0.25) is 4.68 Å². The van der Waals surface area contributed by atoms with Crippen LogP contribution in [0.1, 0.15) is 34.0 Å². The van der Waals surface area contributed by atoms with Crippen LogP contribution >= 0.6 is 0 Å². The predicted molar refractivity (Wildman–Crippen MR) is 143 cm³/mol. The second-order valence-electron chi connectivity index (χ2n) is 9.13. The van der Waals surface area contributed by atoms with Crippen LogP contribution in [-0.4, -0.2) is 34.1 Å². The molecular formula is C31H24N4O3. The van der Waals surface area contributed by atoms with Crippen molar-refractivity contribution in [2.24, 2.45) is 0 Å². The van der Waals surface area contributed by atoms with Gasteiger partial charge in [-0.1, -0.05) is 24.3 Å². The number of nitrogens with zero attached hydrogens (tertiary/aromatic N) is 4. The lowest BCUT2D eigenvalue weighted by Gasteiger charge is -2.22. The number of pyridine rings is 1. The molecule has 6 rings (SSSR count). The molecule has 1 aliphatic carbocycles. The van der Waals surface area contributed by atoms with Gasteiger partial charge in [0.2, 0.25) is 0 Å². The molecule has 7 heteroatoms. The second kappa shape index (κ2) is 9.41. The van der Waals surface area contributed by atoms with Gasteiger partial charge in [-0.25, -0.2) is 4.98 Å². The summed E-state index contributed by atoms with van der Waals surface area (Å²) in [6.45, 7) is 0. The van der Waals surface area contributed by atoms with Crippen LogP contribution in [0.3, 0.4) is 0 Å². The van der Waals surface area contributed by atoms with E-state index >= 15 is 0 Å². The van der Waals surface area contributed by atoms with E-state index in [0.717, 1.165) is 56.3 Å². The maximum absolute atomic E-state index is 10.2. The molecule has 2 aromatic heterocycles. The van der Waals surface area contributed by atoms with Crippen LogP contribution < -0.4 is 9.47 Å². The van der Waals surface area contributed by atoms with Crippen LogP contribution in [0.25, 0.3) is 22.5 Å². The number of phenols is 1. The Morgan fingerprint density at radius 2 is 1.55 bits per heavy atom. The Bertz CT molecular complexity index is 1620. The van der Waals surface area contributed by atoms with Gasteiger partial charge in [0.25, 0.3) is 0 Å². The minimum Gasteiger partial charge on any atom is -0.508 e. The fourth-order valence-electron chi connectivity index (χ4n) is 5.14. The summed E-state index contributed by atoms with van der Waals surface area (Å²) in [5, 5.41) is 24.6. The van der Waals surface area contributed by atoms with Crippen molar-refractivity contribution in [3.8, 4) is 45.8 Å². The third-order valence-electron chi connectivity index (χ3n) is 6.98. The van der Waals surface area contributed by atoms with Gasteiger partial charge in [0.05, 0.1) is 25.6 Å². The van der Waals surface area contributed by atoms with Crippen molar-refractivity contribution in [3.05, 3.63) is 113 Å². The highest BCUT2D eigenvalue weighted by Gasteiger charge is 2.32. The minimum atomic E-state index is -0.250. The summed E-state index contributed by atoms with van der Waals surface area (Å²) in [6, 6.07) is 26.9. The Kier molecular flexibility index (Phi) is 5.78. The van der Waals surface area contributed by atoms with Gasteiger partial charge in [0, 0.05) is 29.3 Å². The van der Waals surface area contributed by atoms with Crippen molar-refractivity contribution in [1.29, 1.82) is 5.26 Å². The fraction of sp³-hybridized carbons (Fsp3) is 0.129. The van der Waals surface area contributed by atoms with Gasteiger partial charge in [0.1, 0.15) is 35.1 Å². The number of aromatic nitrogens is 3. The summed E-state index contributed by atoms with van der Waals surface area (Å²) in [6.07, 6.45) is 2.33. The maximum Gasteiger partial charge on any atom is 0.140 e. The summed E-state index contributed by atoms with van der Waals surface area (Å²) in [7, 11) is 3.31. The molecular weight excluding hydrogens is 476 g/mol. The molecule has 2 heterocycles. The SMILES string of the molecule is COc1ccc(C(c2ccc(OC)cc2)n2nc(-c3ccc(C#N)nc3)c3c2-c2ccc(O)cc2C3)cc1. The van der Waals surface area contributed by atoms with E-state index in [4.69, 9.17) is 14.6 Å². The third-order valence-corrected chi connectivity index (χ3v) is 6.98. The molecule has 1 N–H and O–H groups in total. The van der Waals surface area contributed by atoms with E-state index in [-0.39, 0.29) is 11.8 Å². The number of methoxy groups -OCH3 is 2. The molecule has 0 aliphatic heterocycles. The summed E-state index contributed by atoms with van der Waals surface area (Å²) in [5.74, 6) is 1.79. The van der Waals surface area contributed by atoms with E-state index in [1.165, 1.54) is 0 Å². The molecule has 1 aliphatic rings. The largest absolute Gasteiger partial charge is 0.508 e. The van der Waals surface area contributed by atoms with Crippen LogP contribution in [0, 0.1) is 11.3 Å². The van der Waals surface area contributed by atoms with Crippen LogP contribution in [0.15, 0.2) is 85.1 Å². The first-order valence-electron chi connectivity index (χ1n) is 12.2. The fourth-order valence-corrected chi connectivity index (χ4v) is 5.14. The van der Waals surface area contributed by atoms with Gasteiger partial charge < -0.3 is 14.6 Å². The highest BCUT2D eigenvalue weighted by molar-refractivity contribution is 5.82. The summed E-state index contributed by atoms with van der Waals surface area (Å²) < 4.78 is 12.9. The van der Waals surface area contributed by atoms with Crippen molar-refractivity contribution < 1.29 is 14.6 Å². The summed E-state index contributed by atoms with van der Waals surface area (Å²) in [4.78, 5) is 4.29. The molecule has 38 heavy (non-hydrogen) atoms. The lowest BCUT2D eigenvalue weighted by Crippen LogP contribution is -2.15. The number of ether oxygens (including phenoxy) is 2. The number of phenolic OH excluding ortho intramolecular Hbond substituents is 1. The highest BCUT2D eigenvalue weighted by Crippen LogP contribution is 2.45. The molecule has 0 bridgehead atoms. The molecule has 0 atom stereocenters. The molecule has 0 amide bonds. The van der Waals surface area contributed by atoms with Crippen molar-refractivity contribution >= 4 is 0 Å². The van der Waals surface area contributed by atoms with Gasteiger partial charge >= 0.3 is 0 Å². The number of aromatic hydroxyl groups is 1. The van der Waals surface area contributed by atoms with Gasteiger partial charge in [-0.2, -0.15) is 10.4 Å². The Hall–Kier alpha value is -5.09. The van der Waals surface area contributed by atoms with Crippen molar-refractivity contribution in [1.82, 2.24) is 14.8 Å². The standard InChI is InChI=1S/C31H24N4O3/c1-37-25-10-4-19(5-11-25)30(20-6-12-26(38-2)13-7-20)35-31-27-14-9-24(36)15-22(27)16-28(31)29(34-35)21-3-8-23(17-32)33-18-21/h3-15,18,30,36H,16H2,1-2H3. The van der Waals surface area contributed by atoms with Gasteiger partial charge in [0.15, 0.2) is 0 Å². The molecule has 0 spiro atoms. The number of nitriles is 1. The van der Waals surface area contributed by atoms with Crippen LogP contribution in [0.5, 0.6) is 17.2 Å². The van der Waals surface area contributed by atoms with E-state index < -0.39 is 0 Å². The van der Waals surface area contributed by atoms with E-state index in [0.29, 0.717) is 12.1 Å². The van der Waals surface area contributed by atoms with Crippen molar-refractivity contribution in [3.63, 3.8) is 0 Å². The predicted octanol–water partition coefficient (Wildman–Crippen LogP) is 5.75. The molecule has 0 unspecified atom stereocenters. The first-order chi connectivity index (χ1) is 18.6. The average molecular weight is 501 g/mol. The quantitative estimate of drug-likeness (QED) is 0.313. The van der Waals surface area contributed by atoms with E-state index in [9.17, 15) is 10.4 Å². The monoisotopic (exact) mass is 500 g/mol. The highest BCUT2D eigenvalue weighted by atomic mass is 16.5. The van der Waals surface area contributed by atoms with E-state index in [2.05, 4.69) is 40.0 Å². The Balaban J connectivity index is 1.60. The zero-order chi connectivity index (χ0) is 26.2. The summed E-state index contributed by atoms with van der Waals surface area (Å²) in [5.41, 5.74) is 8.20. The molecule has 7 nitrogen and oxygen atoms in total. The second-order valence-corrected chi connectivity index (χ2v) is 9.13. The number of hydrogen-bond donors (Lipinski definition) is 1. The first-order valence-corrected chi connectivity index (χ1v) is 12.2. The van der Waals surface area contributed by atoms with Crippen LogP contribution in [0.2, 0.25) is 0 Å². The zero-order valence-electron chi connectivity index (χ0n) is 20.9.